The van der Waals surface area contributed by atoms with E-state index in [1.54, 1.807) is 0 Å². The molecule has 5 heterocycles. The lowest BCUT2D eigenvalue weighted by Gasteiger charge is -2.10. The highest BCUT2D eigenvalue weighted by atomic mass is 16.3. The second-order valence-electron chi connectivity index (χ2n) is 15.6. The Labute approximate surface area is 340 Å². The van der Waals surface area contributed by atoms with Crippen LogP contribution >= 0.6 is 0 Å². The van der Waals surface area contributed by atoms with E-state index in [1.165, 1.54) is 5.39 Å². The van der Waals surface area contributed by atoms with Gasteiger partial charge in [-0.25, -0.2) is 9.97 Å². The largest absolute Gasteiger partial charge is 0.454 e. The predicted octanol–water partition coefficient (Wildman–Crippen LogP) is 14.9. The topological polar surface area (TPSA) is 70.1 Å². The Morgan fingerprint density at radius 1 is 0.383 bits per heavy atom. The Bertz CT molecular complexity index is 4140. The molecule has 0 aliphatic heterocycles. The van der Waals surface area contributed by atoms with Crippen LogP contribution in [0.3, 0.4) is 0 Å². The van der Waals surface area contributed by atoms with Gasteiger partial charge in [0.15, 0.2) is 22.6 Å². The van der Waals surface area contributed by atoms with Gasteiger partial charge in [-0.1, -0.05) is 127 Å². The first-order valence-corrected chi connectivity index (χ1v) is 20.1. The van der Waals surface area contributed by atoms with E-state index in [-0.39, 0.29) is 0 Å². The molecule has 14 aromatic rings. The Kier molecular flexibility index (Phi) is 6.20. The van der Waals surface area contributed by atoms with Gasteiger partial charge in [-0.3, -0.25) is 0 Å². The van der Waals surface area contributed by atoms with Crippen molar-refractivity contribution >= 4 is 109 Å². The molecule has 0 aliphatic carbocycles. The zero-order valence-electron chi connectivity index (χ0n) is 31.8. The van der Waals surface area contributed by atoms with Gasteiger partial charge in [-0.05, 0) is 64.7 Å². The molecule has 0 bridgehead atoms. The standard InChI is InChI=1S/C54H29N3O3/c1-2-13-31-28-32(25-24-30(31)12-1)47-53-48(40-18-7-10-23-46(40)59-53)56-54(55-47)42-29-41-38-19-11-21-44(51(38)60-50(41)37-17-4-3-14-33(37)42)57-43-20-8-5-15-34(43)36-26-27-39-35-16-6-9-22-45(35)58-52(39)49(36)57/h1-29H. The van der Waals surface area contributed by atoms with E-state index in [4.69, 9.17) is 23.2 Å². The van der Waals surface area contributed by atoms with Crippen LogP contribution in [-0.2, 0) is 0 Å². The van der Waals surface area contributed by atoms with Gasteiger partial charge in [0.25, 0.3) is 0 Å². The molecule has 0 amide bonds. The number of para-hydroxylation sites is 4. The lowest BCUT2D eigenvalue weighted by molar-refractivity contribution is 0.666. The maximum atomic E-state index is 7.12. The van der Waals surface area contributed by atoms with E-state index in [9.17, 15) is 0 Å². The first-order chi connectivity index (χ1) is 29.7. The number of fused-ring (bicyclic) bond motifs is 16. The van der Waals surface area contributed by atoms with E-state index >= 15 is 0 Å². The fourth-order valence-electron chi connectivity index (χ4n) is 9.69. The lowest BCUT2D eigenvalue weighted by atomic mass is 9.99. The zero-order chi connectivity index (χ0) is 39.1. The summed E-state index contributed by atoms with van der Waals surface area (Å²) in [5.41, 5.74) is 11.2. The van der Waals surface area contributed by atoms with Crippen LogP contribution in [0.15, 0.2) is 189 Å². The number of rotatable bonds is 3. The van der Waals surface area contributed by atoms with Crippen LogP contribution in [0.5, 0.6) is 0 Å². The molecule has 9 aromatic carbocycles. The number of nitrogens with zero attached hydrogens (tertiary/aromatic N) is 3. The van der Waals surface area contributed by atoms with Crippen molar-refractivity contribution in [2.45, 2.75) is 0 Å². The minimum atomic E-state index is 0.621. The summed E-state index contributed by atoms with van der Waals surface area (Å²) < 4.78 is 22.7. The summed E-state index contributed by atoms with van der Waals surface area (Å²) in [6.07, 6.45) is 0. The highest BCUT2D eigenvalue weighted by Crippen LogP contribution is 2.45. The smallest absolute Gasteiger partial charge is 0.180 e. The van der Waals surface area contributed by atoms with Gasteiger partial charge in [-0.2, -0.15) is 0 Å². The maximum Gasteiger partial charge on any atom is 0.180 e. The Hall–Kier alpha value is -8.22. The van der Waals surface area contributed by atoms with Gasteiger partial charge >= 0.3 is 0 Å². The number of hydrogen-bond donors (Lipinski definition) is 0. The van der Waals surface area contributed by atoms with Crippen LogP contribution in [0, 0.1) is 0 Å². The first-order valence-electron chi connectivity index (χ1n) is 20.1. The monoisotopic (exact) mass is 767 g/mol. The Morgan fingerprint density at radius 3 is 1.92 bits per heavy atom. The number of furan rings is 3. The molecule has 6 heteroatoms. The Balaban J connectivity index is 1.07. The van der Waals surface area contributed by atoms with E-state index in [0.717, 1.165) is 121 Å². The fourth-order valence-corrected chi connectivity index (χ4v) is 9.69. The molecule has 0 unspecified atom stereocenters. The molecule has 0 spiro atoms. The van der Waals surface area contributed by atoms with Crippen LogP contribution in [-0.4, -0.2) is 14.5 Å². The highest BCUT2D eigenvalue weighted by Gasteiger charge is 2.25. The van der Waals surface area contributed by atoms with Crippen LogP contribution in [0.2, 0.25) is 0 Å². The molecule has 0 radical (unpaired) electrons. The second-order valence-corrected chi connectivity index (χ2v) is 15.6. The highest BCUT2D eigenvalue weighted by molar-refractivity contribution is 6.24. The first kappa shape index (κ1) is 31.8. The second kappa shape index (κ2) is 11.7. The van der Waals surface area contributed by atoms with Crippen LogP contribution in [0.1, 0.15) is 0 Å². The zero-order valence-corrected chi connectivity index (χ0v) is 31.8. The van der Waals surface area contributed by atoms with E-state index < -0.39 is 0 Å². The quantitative estimate of drug-likeness (QED) is 0.179. The predicted molar refractivity (Wildman–Crippen MR) is 244 cm³/mol. The van der Waals surface area contributed by atoms with Crippen molar-refractivity contribution in [3.63, 3.8) is 0 Å². The molecule has 14 rings (SSSR count). The van der Waals surface area contributed by atoms with Crippen molar-refractivity contribution in [1.29, 1.82) is 0 Å². The average Bonchev–Trinajstić information content (AvgIpc) is 4.07. The van der Waals surface area contributed by atoms with Gasteiger partial charge < -0.3 is 17.8 Å². The van der Waals surface area contributed by atoms with E-state index in [0.29, 0.717) is 11.4 Å². The molecule has 0 atom stereocenters. The molecular weight excluding hydrogens is 739 g/mol. The van der Waals surface area contributed by atoms with Crippen LogP contribution in [0.25, 0.3) is 138 Å². The summed E-state index contributed by atoms with van der Waals surface area (Å²) in [6.45, 7) is 0. The summed E-state index contributed by atoms with van der Waals surface area (Å²) in [5.74, 6) is 0.621. The van der Waals surface area contributed by atoms with Gasteiger partial charge in [0.2, 0.25) is 0 Å². The lowest BCUT2D eigenvalue weighted by Crippen LogP contribution is -1.95. The summed E-state index contributed by atoms with van der Waals surface area (Å²) in [5, 5.41) is 11.7. The van der Waals surface area contributed by atoms with Crippen LogP contribution in [0.4, 0.5) is 0 Å². The molecule has 0 saturated carbocycles. The minimum Gasteiger partial charge on any atom is -0.454 e. The number of benzene rings is 9. The van der Waals surface area contributed by atoms with Crippen molar-refractivity contribution in [2.75, 3.05) is 0 Å². The number of hydrogen-bond acceptors (Lipinski definition) is 5. The van der Waals surface area contributed by atoms with Gasteiger partial charge in [-0.15, -0.1) is 0 Å². The average molecular weight is 768 g/mol. The summed E-state index contributed by atoms with van der Waals surface area (Å²) in [6, 6.07) is 61.2. The third kappa shape index (κ3) is 4.26. The third-order valence-corrected chi connectivity index (χ3v) is 12.4. The minimum absolute atomic E-state index is 0.621. The summed E-state index contributed by atoms with van der Waals surface area (Å²) in [7, 11) is 0. The van der Waals surface area contributed by atoms with Gasteiger partial charge in [0.1, 0.15) is 28.0 Å². The molecule has 0 aliphatic rings. The van der Waals surface area contributed by atoms with Gasteiger partial charge in [0, 0.05) is 54.2 Å². The molecule has 5 aromatic heterocycles. The van der Waals surface area contributed by atoms with E-state index in [2.05, 4.69) is 150 Å². The van der Waals surface area contributed by atoms with Crippen molar-refractivity contribution in [3.8, 4) is 28.3 Å². The van der Waals surface area contributed by atoms with Crippen molar-refractivity contribution in [1.82, 2.24) is 14.5 Å². The van der Waals surface area contributed by atoms with Crippen molar-refractivity contribution in [3.05, 3.63) is 176 Å². The molecule has 0 saturated heterocycles. The van der Waals surface area contributed by atoms with E-state index in [1.807, 2.05) is 30.3 Å². The fraction of sp³-hybridized carbons (Fsp3) is 0. The van der Waals surface area contributed by atoms with Gasteiger partial charge in [0.05, 0.1) is 16.7 Å². The molecule has 0 N–H and O–H groups in total. The molecule has 60 heavy (non-hydrogen) atoms. The molecule has 0 fully saturated rings. The van der Waals surface area contributed by atoms with Crippen molar-refractivity contribution < 1.29 is 13.3 Å². The molecule has 278 valence electrons. The maximum absolute atomic E-state index is 7.12. The third-order valence-electron chi connectivity index (χ3n) is 12.4. The van der Waals surface area contributed by atoms with Crippen LogP contribution < -0.4 is 0 Å². The Morgan fingerprint density at radius 2 is 1.03 bits per heavy atom. The SMILES string of the molecule is c1ccc2cc(-c3nc(-c4cc5c6cccc(-n7c8ccccc8c8ccc9c%10ccccc%10oc9c87)c6oc5c5ccccc45)nc4c3oc3ccccc34)ccc2c1. The van der Waals surface area contributed by atoms with Crippen molar-refractivity contribution in [2.24, 2.45) is 0 Å². The normalized spacial score (nSPS) is 12.3. The summed E-state index contributed by atoms with van der Waals surface area (Å²) >= 11 is 0. The molecule has 6 nitrogen and oxygen atoms in total. The molecular formula is C54H29N3O3. The number of aromatic nitrogens is 3. The summed E-state index contributed by atoms with van der Waals surface area (Å²) in [4.78, 5) is 10.7.